The summed E-state index contributed by atoms with van der Waals surface area (Å²) in [4.78, 5) is 0.678. The van der Waals surface area contributed by atoms with Gasteiger partial charge in [-0.05, 0) is 71.7 Å². The third kappa shape index (κ3) is 5.31. The molecule has 3 heteroatoms. The van der Waals surface area contributed by atoms with Crippen molar-refractivity contribution in [1.82, 2.24) is 0 Å². The molecule has 2 aromatic carbocycles. The van der Waals surface area contributed by atoms with Crippen LogP contribution in [0.5, 0.6) is 0 Å². The van der Waals surface area contributed by atoms with E-state index in [-0.39, 0.29) is 23.0 Å². The summed E-state index contributed by atoms with van der Waals surface area (Å²) in [7, 11) is 0. The third-order valence-corrected chi connectivity index (χ3v) is 5.52. The van der Waals surface area contributed by atoms with Crippen molar-refractivity contribution >= 4 is 11.8 Å². The van der Waals surface area contributed by atoms with Gasteiger partial charge in [-0.3, -0.25) is 0 Å². The van der Waals surface area contributed by atoms with Crippen molar-refractivity contribution in [2.75, 3.05) is 6.26 Å². The Bertz CT molecular complexity index is 716. The summed E-state index contributed by atoms with van der Waals surface area (Å²) in [6.07, 6.45) is 4.39. The fourth-order valence-electron chi connectivity index (χ4n) is 2.97. The summed E-state index contributed by atoms with van der Waals surface area (Å²) in [6.45, 7) is 8.37. The number of rotatable bonds is 6. The van der Waals surface area contributed by atoms with Gasteiger partial charge in [-0.15, -0.1) is 11.8 Å². The smallest absolute Gasteiger partial charge is 0.137 e. The monoisotopic (exact) mass is 362 g/mol. The van der Waals surface area contributed by atoms with Gasteiger partial charge in [0.15, 0.2) is 0 Å². The second kappa shape index (κ2) is 8.35. The van der Waals surface area contributed by atoms with E-state index >= 15 is 0 Å². The van der Waals surface area contributed by atoms with Gasteiger partial charge in [0.1, 0.15) is 11.6 Å². The molecule has 0 amide bonds. The van der Waals surface area contributed by atoms with Crippen LogP contribution < -0.4 is 0 Å². The molecular weight excluding hydrogens is 334 g/mol. The van der Waals surface area contributed by atoms with E-state index in [0.29, 0.717) is 11.3 Å². The molecule has 136 valence electrons. The maximum absolute atomic E-state index is 14.3. The van der Waals surface area contributed by atoms with Gasteiger partial charge in [-0.25, -0.2) is 8.78 Å². The quantitative estimate of drug-likeness (QED) is 0.493. The zero-order valence-corrected chi connectivity index (χ0v) is 16.6. The molecule has 0 fully saturated rings. The molecule has 0 spiro atoms. The van der Waals surface area contributed by atoms with E-state index in [1.807, 2.05) is 30.5 Å². The Kier molecular flexibility index (Phi) is 6.67. The number of halogens is 2. The molecule has 2 rings (SSSR count). The van der Waals surface area contributed by atoms with Crippen molar-refractivity contribution in [3.8, 4) is 0 Å². The molecule has 0 heterocycles. The molecule has 1 atom stereocenters. The van der Waals surface area contributed by atoms with E-state index in [1.54, 1.807) is 12.1 Å². The van der Waals surface area contributed by atoms with Crippen LogP contribution in [0.4, 0.5) is 8.78 Å². The molecule has 0 aliphatic heterocycles. The molecule has 2 aromatic rings. The Balaban J connectivity index is 1.95. The number of hydrogen-bond acceptors (Lipinski definition) is 1. The second-order valence-electron chi connectivity index (χ2n) is 7.74. The Morgan fingerprint density at radius 1 is 1.00 bits per heavy atom. The van der Waals surface area contributed by atoms with E-state index in [2.05, 4.69) is 27.7 Å². The Hall–Kier alpha value is -1.35. The minimum atomic E-state index is -0.152. The highest BCUT2D eigenvalue weighted by Gasteiger charge is 2.16. The van der Waals surface area contributed by atoms with Gasteiger partial charge in [0.05, 0.1) is 0 Å². The fraction of sp³-hybridized carbons (Fsp3) is 0.455. The maximum atomic E-state index is 14.3. The number of aryl methyl sites for hydroxylation is 1. The normalized spacial score (nSPS) is 13.1. The van der Waals surface area contributed by atoms with Gasteiger partial charge in [-0.2, -0.15) is 0 Å². The molecule has 0 saturated carbocycles. The summed E-state index contributed by atoms with van der Waals surface area (Å²) in [5.74, 6) is -0.00146. The van der Waals surface area contributed by atoms with Crippen molar-refractivity contribution in [1.29, 1.82) is 0 Å². The first-order valence-electron chi connectivity index (χ1n) is 8.84. The Labute approximate surface area is 155 Å². The van der Waals surface area contributed by atoms with E-state index in [1.165, 1.54) is 11.8 Å². The molecule has 0 radical (unpaired) electrons. The predicted octanol–water partition coefficient (Wildman–Crippen LogP) is 7.11. The highest BCUT2D eigenvalue weighted by atomic mass is 32.2. The first-order valence-corrected chi connectivity index (χ1v) is 10.1. The van der Waals surface area contributed by atoms with Crippen LogP contribution >= 0.6 is 11.8 Å². The highest BCUT2D eigenvalue weighted by molar-refractivity contribution is 7.98. The van der Waals surface area contributed by atoms with Crippen molar-refractivity contribution in [2.45, 2.75) is 63.2 Å². The zero-order chi connectivity index (χ0) is 18.6. The van der Waals surface area contributed by atoms with Crippen LogP contribution in [0.1, 0.15) is 63.1 Å². The summed E-state index contributed by atoms with van der Waals surface area (Å²) in [6, 6.07) is 11.1. The van der Waals surface area contributed by atoms with Gasteiger partial charge in [0.25, 0.3) is 0 Å². The second-order valence-corrected chi connectivity index (χ2v) is 8.59. The van der Waals surface area contributed by atoms with E-state index in [9.17, 15) is 8.78 Å². The summed E-state index contributed by atoms with van der Waals surface area (Å²) >= 11 is 1.42. The maximum Gasteiger partial charge on any atom is 0.137 e. The number of hydrogen-bond donors (Lipinski definition) is 0. The molecule has 0 unspecified atom stereocenters. The number of benzene rings is 2. The van der Waals surface area contributed by atoms with E-state index < -0.39 is 0 Å². The molecule has 0 aliphatic rings. The van der Waals surface area contributed by atoms with Gasteiger partial charge in [-0.1, -0.05) is 45.9 Å². The SMILES string of the molecule is CSc1ccc([C@@H](C)CCCc2ccc(C(C)(C)C)cc2F)cc1F. The average Bonchev–Trinajstić information content (AvgIpc) is 2.55. The first-order chi connectivity index (χ1) is 11.7. The molecular formula is C22H28F2S. The van der Waals surface area contributed by atoms with Crippen molar-refractivity contribution < 1.29 is 8.78 Å². The summed E-state index contributed by atoms with van der Waals surface area (Å²) < 4.78 is 28.2. The van der Waals surface area contributed by atoms with E-state index in [4.69, 9.17) is 0 Å². The minimum absolute atomic E-state index is 0.0408. The van der Waals surface area contributed by atoms with Gasteiger partial charge in [0.2, 0.25) is 0 Å². The molecule has 0 aromatic heterocycles. The van der Waals surface area contributed by atoms with Gasteiger partial charge in [0, 0.05) is 4.90 Å². The standard InChI is InChI=1S/C22H28F2S/c1-15(17-10-12-21(25-5)20(24)13-17)7-6-8-16-9-11-18(14-19(16)23)22(2,3)4/h9-15H,6-8H2,1-5H3/t15-/m0/s1. The predicted molar refractivity (Wildman–Crippen MR) is 105 cm³/mol. The molecule has 25 heavy (non-hydrogen) atoms. The van der Waals surface area contributed by atoms with Crippen LogP contribution in [-0.2, 0) is 11.8 Å². The van der Waals surface area contributed by atoms with E-state index in [0.717, 1.165) is 29.5 Å². The lowest BCUT2D eigenvalue weighted by molar-refractivity contribution is 0.557. The molecule has 0 aliphatic carbocycles. The lowest BCUT2D eigenvalue weighted by Crippen LogP contribution is -2.11. The van der Waals surface area contributed by atoms with Crippen LogP contribution in [0.3, 0.4) is 0 Å². The fourth-order valence-corrected chi connectivity index (χ4v) is 3.43. The largest absolute Gasteiger partial charge is 0.207 e. The van der Waals surface area contributed by atoms with Crippen LogP contribution in [0.15, 0.2) is 41.3 Å². The van der Waals surface area contributed by atoms with Gasteiger partial charge < -0.3 is 0 Å². The van der Waals surface area contributed by atoms with Crippen LogP contribution in [0.2, 0.25) is 0 Å². The van der Waals surface area contributed by atoms with Crippen molar-refractivity contribution in [3.05, 3.63) is 64.7 Å². The minimum Gasteiger partial charge on any atom is -0.207 e. The van der Waals surface area contributed by atoms with Gasteiger partial charge >= 0.3 is 0 Å². The average molecular weight is 363 g/mol. The molecule has 0 saturated heterocycles. The number of thioether (sulfide) groups is 1. The van der Waals surface area contributed by atoms with Crippen LogP contribution in [0, 0.1) is 11.6 Å². The Morgan fingerprint density at radius 3 is 2.28 bits per heavy atom. The topological polar surface area (TPSA) is 0 Å². The lowest BCUT2D eigenvalue weighted by Gasteiger charge is -2.20. The Morgan fingerprint density at radius 2 is 1.72 bits per heavy atom. The van der Waals surface area contributed by atoms with Crippen molar-refractivity contribution in [3.63, 3.8) is 0 Å². The molecule has 0 N–H and O–H groups in total. The molecule has 0 bridgehead atoms. The van der Waals surface area contributed by atoms with Crippen LogP contribution in [-0.4, -0.2) is 6.26 Å². The highest BCUT2D eigenvalue weighted by Crippen LogP contribution is 2.28. The summed E-state index contributed by atoms with van der Waals surface area (Å²) in [5, 5.41) is 0. The van der Waals surface area contributed by atoms with Crippen LogP contribution in [0.25, 0.3) is 0 Å². The zero-order valence-electron chi connectivity index (χ0n) is 15.8. The molecule has 0 nitrogen and oxygen atoms in total. The lowest BCUT2D eigenvalue weighted by atomic mass is 9.86. The van der Waals surface area contributed by atoms with Crippen molar-refractivity contribution in [2.24, 2.45) is 0 Å². The first kappa shape index (κ1) is 20.0. The third-order valence-electron chi connectivity index (χ3n) is 4.75. The summed E-state index contributed by atoms with van der Waals surface area (Å²) in [5.41, 5.74) is 2.76.